The molecule has 0 fully saturated rings. The van der Waals surface area contributed by atoms with E-state index in [2.05, 4.69) is 0 Å². The zero-order valence-corrected chi connectivity index (χ0v) is 20.5. The molecule has 6 heteroatoms. The molecular formula is C3H16BiO3PbSb. The minimum absolute atomic E-state index is 0. The summed E-state index contributed by atoms with van der Waals surface area (Å²) < 4.78 is 0. The molecule has 0 aromatic rings. The molecule has 0 bridgehead atoms. The molecule has 0 aliphatic rings. The van der Waals surface area contributed by atoms with E-state index in [1.54, 1.807) is 0 Å². The molecule has 0 heterocycles. The number of aliphatic hydroxyl groups is 3. The molecule has 0 amide bonds. The van der Waals surface area contributed by atoms with E-state index in [0.29, 0.717) is 0 Å². The van der Waals surface area contributed by atoms with Crippen LogP contribution in [0.25, 0.3) is 0 Å². The minimum atomic E-state index is -0.954. The molecule has 0 saturated carbocycles. The third-order valence-corrected chi connectivity index (χ3v) is 0.421. The molecule has 0 spiro atoms. The van der Waals surface area contributed by atoms with Crippen LogP contribution >= 0.6 is 0 Å². The first-order valence-corrected chi connectivity index (χ1v) is 1.71. The fourth-order valence-electron chi connectivity index (χ4n) is 0.0577. The summed E-state index contributed by atoms with van der Waals surface area (Å²) in [5, 5.41) is 24.0. The number of hydrogen-bond acceptors (Lipinski definition) is 3. The Hall–Kier alpha value is 2.50. The summed E-state index contributed by atoms with van der Waals surface area (Å²) in [5.41, 5.74) is 0. The van der Waals surface area contributed by atoms with E-state index in [4.69, 9.17) is 15.3 Å². The Kier molecular flexibility index (Phi) is 42.2. The van der Waals surface area contributed by atoms with Crippen LogP contribution in [0.5, 0.6) is 0 Å². The zero-order chi connectivity index (χ0) is 4.99. The second-order valence-corrected chi connectivity index (χ2v) is 1.02. The molecule has 0 aliphatic carbocycles. The molecule has 3 nitrogen and oxygen atoms in total. The molecule has 0 saturated heterocycles. The first kappa shape index (κ1) is 22.5. The fourth-order valence-corrected chi connectivity index (χ4v) is 0.0577. The first-order chi connectivity index (χ1) is 2.81. The molecule has 0 rings (SSSR count). The normalized spacial score (nSPS) is 6.67. The zero-order valence-electron chi connectivity index (χ0n) is 5.45. The van der Waals surface area contributed by atoms with E-state index in [9.17, 15) is 0 Å². The predicted molar refractivity (Wildman–Crippen MR) is 48.6 cm³/mol. The molecule has 0 unspecified atom stereocenters. The van der Waals surface area contributed by atoms with Gasteiger partial charge in [0.2, 0.25) is 0 Å². The van der Waals surface area contributed by atoms with Crippen molar-refractivity contribution < 1.29 is 15.3 Å². The van der Waals surface area contributed by atoms with E-state index in [-0.39, 0.29) is 91.1 Å². The predicted octanol–water partition coefficient (Wildman–Crippen LogP) is -4.95. The average molecular weight is 638 g/mol. The van der Waals surface area contributed by atoms with Gasteiger partial charge in [0.25, 0.3) is 0 Å². The van der Waals surface area contributed by atoms with Crippen molar-refractivity contribution in [3.05, 3.63) is 0 Å². The average Bonchev–Trinajstić information content (AvgIpc) is 1.65. The van der Waals surface area contributed by atoms with Crippen LogP contribution in [0.1, 0.15) is 0 Å². The van der Waals surface area contributed by atoms with Crippen LogP contribution in [0.3, 0.4) is 0 Å². The summed E-state index contributed by atoms with van der Waals surface area (Å²) in [5.74, 6) is 0. The van der Waals surface area contributed by atoms with Crippen LogP contribution < -0.4 is 0 Å². The van der Waals surface area contributed by atoms with Gasteiger partial charge in [0, 0.05) is 0 Å². The molecular weight excluding hydrogens is 622 g/mol. The van der Waals surface area contributed by atoms with E-state index in [1.807, 2.05) is 0 Å². The molecule has 0 aromatic carbocycles. The van der Waals surface area contributed by atoms with E-state index in [1.165, 1.54) is 0 Å². The Bertz CT molecular complexity index is 38.2. The second kappa shape index (κ2) is 16.8. The first-order valence-electron chi connectivity index (χ1n) is 1.71. The fraction of sp³-hybridized carbons (Fsp3) is 1.00. The molecule has 9 heavy (non-hydrogen) atoms. The summed E-state index contributed by atoms with van der Waals surface area (Å²) in [6.45, 7) is -0.729. The van der Waals surface area contributed by atoms with Gasteiger partial charge in [-0.3, -0.25) is 0 Å². The molecule has 60 valence electrons. The van der Waals surface area contributed by atoms with Crippen molar-refractivity contribution in [1.29, 1.82) is 0 Å². The van der Waals surface area contributed by atoms with Gasteiger partial charge in [-0.25, -0.2) is 0 Å². The van der Waals surface area contributed by atoms with Gasteiger partial charge in [-0.05, 0) is 0 Å². The van der Waals surface area contributed by atoms with Crippen LogP contribution in [0.15, 0.2) is 0 Å². The van der Waals surface area contributed by atoms with E-state index in [0.717, 1.165) is 0 Å². The Morgan fingerprint density at radius 1 is 1.11 bits per heavy atom. The van der Waals surface area contributed by atoms with Gasteiger partial charge < -0.3 is 15.3 Å². The maximum absolute atomic E-state index is 8.17. The van der Waals surface area contributed by atoms with Crippen LogP contribution in [0.4, 0.5) is 0 Å². The molecule has 0 aromatic heterocycles. The Morgan fingerprint density at radius 2 is 1.33 bits per heavy atom. The Labute approximate surface area is 111 Å². The number of aliphatic hydroxyl groups excluding tert-OH is 3. The van der Waals surface area contributed by atoms with Crippen LogP contribution in [-0.4, -0.2) is 113 Å². The Balaban J connectivity index is -0.0000000417. The van der Waals surface area contributed by atoms with Gasteiger partial charge in [-0.15, -0.1) is 0 Å². The van der Waals surface area contributed by atoms with Gasteiger partial charge in [-0.2, -0.15) is 0 Å². The van der Waals surface area contributed by atoms with Crippen molar-refractivity contribution in [2.45, 2.75) is 6.10 Å². The molecule has 0 aliphatic heterocycles. The SMILES string of the molecule is OCC(O)CO.[BiH3].[PbH2].[SbH3]. The third kappa shape index (κ3) is 18.0. The standard InChI is InChI=1S/C3H8O3.Bi.Pb.Sb.8H/c4-1-3(6)2-5;;;;;;;;;;;/h3-6H,1-2H2;;;;;;;;;;;. The molecule has 3 N–H and O–H groups in total. The number of rotatable bonds is 2. The van der Waals surface area contributed by atoms with Crippen molar-refractivity contribution in [3.8, 4) is 0 Å². The summed E-state index contributed by atoms with van der Waals surface area (Å²) >= 11 is 0. The third-order valence-electron chi connectivity index (χ3n) is 0.421. The Morgan fingerprint density at radius 3 is 1.33 bits per heavy atom. The quantitative estimate of drug-likeness (QED) is 0.266. The van der Waals surface area contributed by atoms with Crippen LogP contribution in [0, 0.1) is 0 Å². The van der Waals surface area contributed by atoms with Gasteiger partial charge >= 0.3 is 77.9 Å². The summed E-state index contributed by atoms with van der Waals surface area (Å²) in [6, 6.07) is 0. The van der Waals surface area contributed by atoms with Crippen LogP contribution in [0.2, 0.25) is 0 Å². The monoisotopic (exact) mass is 638 g/mol. The topological polar surface area (TPSA) is 60.7 Å². The van der Waals surface area contributed by atoms with Crippen molar-refractivity contribution >= 4 is 77.9 Å². The van der Waals surface area contributed by atoms with Crippen LogP contribution in [-0.2, 0) is 0 Å². The summed E-state index contributed by atoms with van der Waals surface area (Å²) in [7, 11) is 0. The van der Waals surface area contributed by atoms with E-state index < -0.39 is 6.10 Å². The molecule has 2 radical (unpaired) electrons. The van der Waals surface area contributed by atoms with Gasteiger partial charge in [-0.1, -0.05) is 0 Å². The van der Waals surface area contributed by atoms with E-state index >= 15 is 0 Å². The summed E-state index contributed by atoms with van der Waals surface area (Å²) in [4.78, 5) is 0. The van der Waals surface area contributed by atoms with Crippen molar-refractivity contribution in [3.63, 3.8) is 0 Å². The van der Waals surface area contributed by atoms with Gasteiger partial charge in [0.15, 0.2) is 0 Å². The van der Waals surface area contributed by atoms with Crippen molar-refractivity contribution in [2.24, 2.45) is 0 Å². The van der Waals surface area contributed by atoms with Crippen molar-refractivity contribution in [1.82, 2.24) is 0 Å². The van der Waals surface area contributed by atoms with Gasteiger partial charge in [0.1, 0.15) is 6.10 Å². The van der Waals surface area contributed by atoms with Crippen molar-refractivity contribution in [2.75, 3.05) is 13.2 Å². The number of hydrogen-bond donors (Lipinski definition) is 3. The molecule has 0 atom stereocenters. The summed E-state index contributed by atoms with van der Waals surface area (Å²) in [6.07, 6.45) is -0.954. The maximum atomic E-state index is 8.17. The van der Waals surface area contributed by atoms with Gasteiger partial charge in [0.05, 0.1) is 13.2 Å². The second-order valence-electron chi connectivity index (χ2n) is 1.02.